The van der Waals surface area contributed by atoms with E-state index >= 15 is 0 Å². The van der Waals surface area contributed by atoms with Gasteiger partial charge in [0.25, 0.3) is 0 Å². The topological polar surface area (TPSA) is 69.6 Å². The van der Waals surface area contributed by atoms with Gasteiger partial charge in [-0.2, -0.15) is 0 Å². The lowest BCUT2D eigenvalue weighted by Gasteiger charge is -2.39. The average molecular weight is 248 g/mol. The van der Waals surface area contributed by atoms with Crippen molar-refractivity contribution >= 4 is 17.6 Å². The van der Waals surface area contributed by atoms with Gasteiger partial charge in [-0.3, -0.25) is 9.59 Å². The molecule has 1 heterocycles. The molecule has 0 spiro atoms. The number of carboxylic acids is 1. The summed E-state index contributed by atoms with van der Waals surface area (Å²) in [5, 5.41) is 11.7. The number of carbonyl (C=O) groups excluding carboxylic acids is 1. The third-order valence-corrected chi connectivity index (χ3v) is 2.99. The van der Waals surface area contributed by atoms with E-state index in [0.29, 0.717) is 6.54 Å². The van der Waals surface area contributed by atoms with Crippen molar-refractivity contribution in [2.24, 2.45) is 0 Å². The number of rotatable bonds is 3. The van der Waals surface area contributed by atoms with Gasteiger partial charge in [-0.25, -0.2) is 0 Å². The maximum absolute atomic E-state index is 11.9. The number of benzene rings is 1. The molecule has 1 saturated heterocycles. The van der Waals surface area contributed by atoms with Crippen molar-refractivity contribution in [3.8, 4) is 0 Å². The number of piperazine rings is 1. The summed E-state index contributed by atoms with van der Waals surface area (Å²) in [6, 6.07) is 8.81. The van der Waals surface area contributed by atoms with E-state index in [2.05, 4.69) is 5.32 Å². The van der Waals surface area contributed by atoms with Crippen molar-refractivity contribution in [2.45, 2.75) is 25.4 Å². The standard InChI is InChI=1S/C13H16N2O3/c1-9-8-15(10-5-3-2-4-6-10)11(7-12(16)17)13(18)14-9/h2-6,9,11H,7-8H2,1H3,(H,14,18)(H,16,17). The van der Waals surface area contributed by atoms with Crippen LogP contribution in [0.15, 0.2) is 30.3 Å². The van der Waals surface area contributed by atoms with Crippen LogP contribution in [0.5, 0.6) is 0 Å². The second-order valence-electron chi connectivity index (χ2n) is 4.51. The highest BCUT2D eigenvalue weighted by Gasteiger charge is 2.34. The summed E-state index contributed by atoms with van der Waals surface area (Å²) < 4.78 is 0. The molecule has 0 radical (unpaired) electrons. The highest BCUT2D eigenvalue weighted by molar-refractivity contribution is 5.90. The third kappa shape index (κ3) is 2.61. The molecule has 2 N–H and O–H groups in total. The summed E-state index contributed by atoms with van der Waals surface area (Å²) in [5.41, 5.74) is 0.880. The van der Waals surface area contributed by atoms with Gasteiger partial charge in [-0.1, -0.05) is 18.2 Å². The minimum Gasteiger partial charge on any atom is -0.481 e. The third-order valence-electron chi connectivity index (χ3n) is 2.99. The van der Waals surface area contributed by atoms with Gasteiger partial charge in [0.1, 0.15) is 6.04 Å². The number of nitrogens with one attached hydrogen (secondary N) is 1. The van der Waals surface area contributed by atoms with Crippen molar-refractivity contribution in [3.05, 3.63) is 30.3 Å². The van der Waals surface area contributed by atoms with Crippen molar-refractivity contribution in [2.75, 3.05) is 11.4 Å². The zero-order chi connectivity index (χ0) is 13.1. The molecule has 1 aliphatic rings. The van der Waals surface area contributed by atoms with Crippen LogP contribution in [0.25, 0.3) is 0 Å². The molecule has 1 aliphatic heterocycles. The van der Waals surface area contributed by atoms with E-state index in [1.54, 1.807) is 0 Å². The normalized spacial score (nSPS) is 23.6. The van der Waals surface area contributed by atoms with Crippen molar-refractivity contribution in [1.29, 1.82) is 0 Å². The molecular weight excluding hydrogens is 232 g/mol. The largest absolute Gasteiger partial charge is 0.481 e. The molecule has 1 fully saturated rings. The fourth-order valence-electron chi connectivity index (χ4n) is 2.22. The Balaban J connectivity index is 2.27. The van der Waals surface area contributed by atoms with Crippen LogP contribution in [0.1, 0.15) is 13.3 Å². The van der Waals surface area contributed by atoms with Crippen LogP contribution in [0.3, 0.4) is 0 Å². The first-order chi connectivity index (χ1) is 8.58. The van der Waals surface area contributed by atoms with E-state index in [-0.39, 0.29) is 18.4 Å². The van der Waals surface area contributed by atoms with Gasteiger partial charge in [-0.15, -0.1) is 0 Å². The van der Waals surface area contributed by atoms with Crippen LogP contribution in [0.2, 0.25) is 0 Å². The number of carboxylic acid groups (broad SMARTS) is 1. The van der Waals surface area contributed by atoms with Crippen LogP contribution in [-0.4, -0.2) is 35.6 Å². The van der Waals surface area contributed by atoms with E-state index in [4.69, 9.17) is 5.11 Å². The van der Waals surface area contributed by atoms with Crippen LogP contribution in [0.4, 0.5) is 5.69 Å². The van der Waals surface area contributed by atoms with Gasteiger partial charge in [0.2, 0.25) is 5.91 Å². The number of para-hydroxylation sites is 1. The van der Waals surface area contributed by atoms with Crippen molar-refractivity contribution in [3.63, 3.8) is 0 Å². The number of amides is 1. The van der Waals surface area contributed by atoms with Gasteiger partial charge < -0.3 is 15.3 Å². The van der Waals surface area contributed by atoms with E-state index in [9.17, 15) is 9.59 Å². The molecule has 0 aromatic heterocycles. The second-order valence-corrected chi connectivity index (χ2v) is 4.51. The molecular formula is C13H16N2O3. The SMILES string of the molecule is CC1CN(c2ccccc2)C(CC(=O)O)C(=O)N1. The maximum atomic E-state index is 11.9. The zero-order valence-electron chi connectivity index (χ0n) is 10.2. The molecule has 0 bridgehead atoms. The molecule has 0 saturated carbocycles. The number of aliphatic carboxylic acids is 1. The summed E-state index contributed by atoms with van der Waals surface area (Å²) >= 11 is 0. The Hall–Kier alpha value is -2.04. The summed E-state index contributed by atoms with van der Waals surface area (Å²) in [5.74, 6) is -1.19. The summed E-state index contributed by atoms with van der Waals surface area (Å²) in [4.78, 5) is 24.6. The fourth-order valence-corrected chi connectivity index (χ4v) is 2.22. The van der Waals surface area contributed by atoms with Crippen molar-refractivity contribution in [1.82, 2.24) is 5.32 Å². The fraction of sp³-hybridized carbons (Fsp3) is 0.385. The predicted octanol–water partition coefficient (Wildman–Crippen LogP) is 0.855. The van der Waals surface area contributed by atoms with E-state index < -0.39 is 12.0 Å². The van der Waals surface area contributed by atoms with Crippen molar-refractivity contribution < 1.29 is 14.7 Å². The van der Waals surface area contributed by atoms with Crippen LogP contribution < -0.4 is 10.2 Å². The lowest BCUT2D eigenvalue weighted by molar-refractivity contribution is -0.140. The first-order valence-corrected chi connectivity index (χ1v) is 5.92. The van der Waals surface area contributed by atoms with Gasteiger partial charge >= 0.3 is 5.97 Å². The molecule has 2 unspecified atom stereocenters. The summed E-state index contributed by atoms with van der Waals surface area (Å²) in [6.07, 6.45) is -0.187. The Bertz CT molecular complexity index is 447. The average Bonchev–Trinajstić information content (AvgIpc) is 2.33. The molecule has 1 amide bonds. The van der Waals surface area contributed by atoms with Gasteiger partial charge in [-0.05, 0) is 19.1 Å². The van der Waals surface area contributed by atoms with Crippen LogP contribution >= 0.6 is 0 Å². The molecule has 1 aromatic rings. The zero-order valence-corrected chi connectivity index (χ0v) is 10.2. The number of carbonyl (C=O) groups is 2. The first kappa shape index (κ1) is 12.4. The number of hydrogen-bond donors (Lipinski definition) is 2. The molecule has 2 rings (SSSR count). The van der Waals surface area contributed by atoms with E-state index in [1.807, 2.05) is 42.2 Å². The Morgan fingerprint density at radius 2 is 2.11 bits per heavy atom. The highest BCUT2D eigenvalue weighted by Crippen LogP contribution is 2.21. The van der Waals surface area contributed by atoms with Crippen LogP contribution in [-0.2, 0) is 9.59 Å². The maximum Gasteiger partial charge on any atom is 0.305 e. The smallest absolute Gasteiger partial charge is 0.305 e. The second kappa shape index (κ2) is 5.08. The molecule has 1 aromatic carbocycles. The Morgan fingerprint density at radius 1 is 1.44 bits per heavy atom. The Morgan fingerprint density at radius 3 is 2.72 bits per heavy atom. The van der Waals surface area contributed by atoms with E-state index in [0.717, 1.165) is 5.69 Å². The lowest BCUT2D eigenvalue weighted by atomic mass is 10.0. The summed E-state index contributed by atoms with van der Waals surface area (Å²) in [6.45, 7) is 2.53. The Kier molecular flexibility index (Phi) is 3.50. The highest BCUT2D eigenvalue weighted by atomic mass is 16.4. The summed E-state index contributed by atoms with van der Waals surface area (Å²) in [7, 11) is 0. The number of anilines is 1. The molecule has 5 heteroatoms. The lowest BCUT2D eigenvalue weighted by Crippen LogP contribution is -2.60. The first-order valence-electron chi connectivity index (χ1n) is 5.92. The minimum absolute atomic E-state index is 0.0164. The molecule has 0 aliphatic carbocycles. The van der Waals surface area contributed by atoms with E-state index in [1.165, 1.54) is 0 Å². The minimum atomic E-state index is -0.967. The Labute approximate surface area is 105 Å². The van der Waals surface area contributed by atoms with Gasteiger partial charge in [0, 0.05) is 18.3 Å². The van der Waals surface area contributed by atoms with Crippen LogP contribution in [0, 0.1) is 0 Å². The molecule has 96 valence electrons. The monoisotopic (exact) mass is 248 g/mol. The number of hydrogen-bond acceptors (Lipinski definition) is 3. The molecule has 18 heavy (non-hydrogen) atoms. The quantitative estimate of drug-likeness (QED) is 0.832. The molecule has 5 nitrogen and oxygen atoms in total. The number of nitrogens with zero attached hydrogens (tertiary/aromatic N) is 1. The van der Waals surface area contributed by atoms with Gasteiger partial charge in [0.15, 0.2) is 0 Å². The predicted molar refractivity (Wildman–Crippen MR) is 67.4 cm³/mol. The van der Waals surface area contributed by atoms with Gasteiger partial charge in [0.05, 0.1) is 6.42 Å². The molecule has 2 atom stereocenters.